The molecule has 0 radical (unpaired) electrons. The van der Waals surface area contributed by atoms with Gasteiger partial charge in [0.2, 0.25) is 15.9 Å². The predicted octanol–water partition coefficient (Wildman–Crippen LogP) is -1.22. The Bertz CT molecular complexity index is 300. The number of carbonyl (C=O) groups is 1. The number of hydrogen-bond acceptors (Lipinski definition) is 4. The molecule has 0 aliphatic rings. The van der Waals surface area contributed by atoms with Crippen LogP contribution in [0.3, 0.4) is 0 Å². The van der Waals surface area contributed by atoms with Crippen molar-refractivity contribution in [1.82, 2.24) is 10.0 Å². The Labute approximate surface area is 90.7 Å². The van der Waals surface area contributed by atoms with Crippen LogP contribution in [0, 0.1) is 0 Å². The third-order valence-corrected chi connectivity index (χ3v) is 3.05. The first-order valence-electron chi connectivity index (χ1n) is 4.79. The molecule has 0 saturated heterocycles. The van der Waals surface area contributed by atoms with E-state index in [2.05, 4.69) is 10.0 Å². The molecule has 1 unspecified atom stereocenters. The van der Waals surface area contributed by atoms with Crippen LogP contribution in [0.15, 0.2) is 0 Å². The number of carbonyl (C=O) groups excluding carboxylic acids is 1. The van der Waals surface area contributed by atoms with Crippen molar-refractivity contribution in [2.24, 2.45) is 5.73 Å². The maximum atomic E-state index is 11.4. The molecule has 0 heterocycles. The first-order valence-corrected chi connectivity index (χ1v) is 6.44. The Hall–Kier alpha value is -0.660. The molecular formula is C8H19N3O3S. The van der Waals surface area contributed by atoms with Crippen LogP contribution in [-0.4, -0.2) is 38.7 Å². The highest BCUT2D eigenvalue weighted by Crippen LogP contribution is 1.90. The van der Waals surface area contributed by atoms with Gasteiger partial charge in [-0.25, -0.2) is 13.1 Å². The molecule has 0 spiro atoms. The van der Waals surface area contributed by atoms with Crippen LogP contribution in [0.2, 0.25) is 0 Å². The van der Waals surface area contributed by atoms with E-state index >= 15 is 0 Å². The number of nitrogens with two attached hydrogens (primary N) is 1. The van der Waals surface area contributed by atoms with E-state index in [-0.39, 0.29) is 24.2 Å². The Kier molecular flexibility index (Phi) is 5.77. The molecule has 0 aromatic rings. The van der Waals surface area contributed by atoms with Crippen molar-refractivity contribution in [3.63, 3.8) is 0 Å². The zero-order chi connectivity index (χ0) is 12.1. The number of nitrogens with one attached hydrogen (secondary N) is 2. The van der Waals surface area contributed by atoms with Gasteiger partial charge < -0.3 is 11.1 Å². The molecule has 0 rings (SSSR count). The molecule has 1 amide bonds. The fraction of sp³-hybridized carbons (Fsp3) is 0.875. The monoisotopic (exact) mass is 237 g/mol. The van der Waals surface area contributed by atoms with Crippen LogP contribution in [-0.2, 0) is 14.8 Å². The molecule has 0 aliphatic carbocycles. The maximum Gasteiger partial charge on any atom is 0.238 e. The van der Waals surface area contributed by atoms with Crippen LogP contribution >= 0.6 is 0 Å². The number of hydrogen-bond donors (Lipinski definition) is 3. The van der Waals surface area contributed by atoms with Gasteiger partial charge in [-0.05, 0) is 20.8 Å². The zero-order valence-electron chi connectivity index (χ0n) is 9.28. The molecule has 0 aromatic carbocycles. The van der Waals surface area contributed by atoms with Gasteiger partial charge in [-0.1, -0.05) is 0 Å². The van der Waals surface area contributed by atoms with Crippen molar-refractivity contribution in [2.45, 2.75) is 32.9 Å². The van der Waals surface area contributed by atoms with Crippen molar-refractivity contribution >= 4 is 15.9 Å². The molecule has 6 nitrogen and oxygen atoms in total. The summed E-state index contributed by atoms with van der Waals surface area (Å²) >= 11 is 0. The van der Waals surface area contributed by atoms with Gasteiger partial charge in [0, 0.05) is 12.6 Å². The van der Waals surface area contributed by atoms with Crippen molar-refractivity contribution < 1.29 is 13.2 Å². The highest BCUT2D eigenvalue weighted by molar-refractivity contribution is 7.89. The molecular weight excluding hydrogens is 218 g/mol. The number of amides is 1. The van der Waals surface area contributed by atoms with Crippen molar-refractivity contribution in [3.05, 3.63) is 0 Å². The smallest absolute Gasteiger partial charge is 0.238 e. The first-order chi connectivity index (χ1) is 6.78. The van der Waals surface area contributed by atoms with Gasteiger partial charge in [-0.2, -0.15) is 0 Å². The van der Waals surface area contributed by atoms with E-state index < -0.39 is 16.1 Å². The van der Waals surface area contributed by atoms with E-state index in [4.69, 9.17) is 5.73 Å². The standard InChI is InChI=1S/C8H19N3O3S/c1-6(2)10-8(12)7(3)11-15(13,14)5-4-9/h6-7,11H,4-5,9H2,1-3H3,(H,10,12). The summed E-state index contributed by atoms with van der Waals surface area (Å²) in [5.41, 5.74) is 5.13. The van der Waals surface area contributed by atoms with E-state index in [1.807, 2.05) is 0 Å². The van der Waals surface area contributed by atoms with Crippen LogP contribution in [0.25, 0.3) is 0 Å². The summed E-state index contributed by atoms with van der Waals surface area (Å²) in [5.74, 6) is -0.516. The zero-order valence-corrected chi connectivity index (χ0v) is 10.1. The van der Waals surface area contributed by atoms with Crippen molar-refractivity contribution in [2.75, 3.05) is 12.3 Å². The van der Waals surface area contributed by atoms with Gasteiger partial charge in [0.25, 0.3) is 0 Å². The second-order valence-corrected chi connectivity index (χ2v) is 5.48. The van der Waals surface area contributed by atoms with Gasteiger partial charge in [0.15, 0.2) is 0 Å². The van der Waals surface area contributed by atoms with Crippen LogP contribution in [0.5, 0.6) is 0 Å². The Morgan fingerprint density at radius 3 is 2.27 bits per heavy atom. The molecule has 7 heteroatoms. The molecule has 15 heavy (non-hydrogen) atoms. The lowest BCUT2D eigenvalue weighted by Crippen LogP contribution is -2.47. The summed E-state index contributed by atoms with van der Waals surface area (Å²) < 4.78 is 24.8. The lowest BCUT2D eigenvalue weighted by atomic mass is 10.3. The van der Waals surface area contributed by atoms with Gasteiger partial charge in [-0.15, -0.1) is 0 Å². The summed E-state index contributed by atoms with van der Waals surface area (Å²) in [7, 11) is -3.45. The fourth-order valence-corrected chi connectivity index (χ4v) is 2.02. The van der Waals surface area contributed by atoms with E-state index in [9.17, 15) is 13.2 Å². The largest absolute Gasteiger partial charge is 0.353 e. The van der Waals surface area contributed by atoms with Crippen LogP contribution < -0.4 is 15.8 Å². The van der Waals surface area contributed by atoms with Gasteiger partial charge in [-0.3, -0.25) is 4.79 Å². The molecule has 0 aliphatic heterocycles. The van der Waals surface area contributed by atoms with Crippen LogP contribution in [0.1, 0.15) is 20.8 Å². The summed E-state index contributed by atoms with van der Waals surface area (Å²) in [6.07, 6.45) is 0. The molecule has 90 valence electrons. The molecule has 0 aromatic heterocycles. The van der Waals surface area contributed by atoms with Crippen molar-refractivity contribution in [3.8, 4) is 0 Å². The molecule has 0 saturated carbocycles. The van der Waals surface area contributed by atoms with Crippen molar-refractivity contribution in [1.29, 1.82) is 0 Å². The normalized spacial score (nSPS) is 13.9. The maximum absolute atomic E-state index is 11.4. The van der Waals surface area contributed by atoms with Crippen LogP contribution in [0.4, 0.5) is 0 Å². The van der Waals surface area contributed by atoms with Gasteiger partial charge in [0.05, 0.1) is 11.8 Å². The third-order valence-electron chi connectivity index (χ3n) is 1.57. The average Bonchev–Trinajstić information content (AvgIpc) is 2.01. The minimum Gasteiger partial charge on any atom is -0.353 e. The lowest BCUT2D eigenvalue weighted by molar-refractivity contribution is -0.122. The average molecular weight is 237 g/mol. The SMILES string of the molecule is CC(C)NC(=O)C(C)NS(=O)(=O)CCN. The summed E-state index contributed by atoms with van der Waals surface area (Å²) in [6, 6.07) is -0.789. The first kappa shape index (κ1) is 14.3. The Morgan fingerprint density at radius 1 is 1.33 bits per heavy atom. The topological polar surface area (TPSA) is 101 Å². The van der Waals surface area contributed by atoms with Gasteiger partial charge in [0.1, 0.15) is 0 Å². The summed E-state index contributed by atoms with van der Waals surface area (Å²) in [5, 5.41) is 2.61. The molecule has 0 bridgehead atoms. The third kappa shape index (κ3) is 6.43. The fourth-order valence-electron chi connectivity index (χ4n) is 0.946. The lowest BCUT2D eigenvalue weighted by Gasteiger charge is -2.15. The van der Waals surface area contributed by atoms with E-state index in [0.717, 1.165) is 0 Å². The minimum absolute atomic E-state index is 0.0148. The molecule has 4 N–H and O–H groups in total. The van der Waals surface area contributed by atoms with E-state index in [1.165, 1.54) is 6.92 Å². The highest BCUT2D eigenvalue weighted by atomic mass is 32.2. The second kappa shape index (κ2) is 6.04. The Morgan fingerprint density at radius 2 is 1.87 bits per heavy atom. The summed E-state index contributed by atoms with van der Waals surface area (Å²) in [4.78, 5) is 11.4. The van der Waals surface area contributed by atoms with E-state index in [0.29, 0.717) is 0 Å². The van der Waals surface area contributed by atoms with E-state index in [1.54, 1.807) is 13.8 Å². The number of rotatable bonds is 6. The molecule has 0 fully saturated rings. The highest BCUT2D eigenvalue weighted by Gasteiger charge is 2.19. The molecule has 1 atom stereocenters. The van der Waals surface area contributed by atoms with Gasteiger partial charge >= 0.3 is 0 Å². The number of sulfonamides is 1. The minimum atomic E-state index is -3.45. The quantitative estimate of drug-likeness (QED) is 0.539. The summed E-state index contributed by atoms with van der Waals surface area (Å²) in [6.45, 7) is 5.14. The Balaban J connectivity index is 4.24. The second-order valence-electron chi connectivity index (χ2n) is 3.61. The predicted molar refractivity (Wildman–Crippen MR) is 58.7 cm³/mol.